The van der Waals surface area contributed by atoms with Crippen LogP contribution in [0.1, 0.15) is 26.5 Å². The Morgan fingerprint density at radius 3 is 2.64 bits per heavy atom. The molecule has 0 aliphatic rings. The van der Waals surface area contributed by atoms with E-state index in [0.717, 1.165) is 5.56 Å². The van der Waals surface area contributed by atoms with Crippen molar-refractivity contribution in [3.63, 3.8) is 0 Å². The van der Waals surface area contributed by atoms with E-state index in [-0.39, 0.29) is 24.3 Å². The van der Waals surface area contributed by atoms with E-state index >= 15 is 0 Å². The number of carbonyl (C=O) groups excluding carboxylic acids is 1. The number of amides is 1. The first-order chi connectivity index (χ1) is 10.4. The van der Waals surface area contributed by atoms with Crippen molar-refractivity contribution in [3.8, 4) is 11.3 Å². The third-order valence-corrected chi connectivity index (χ3v) is 3.45. The summed E-state index contributed by atoms with van der Waals surface area (Å²) in [5.74, 6) is 0.453. The van der Waals surface area contributed by atoms with Crippen LogP contribution in [0.4, 0.5) is 0 Å². The summed E-state index contributed by atoms with van der Waals surface area (Å²) in [6.45, 7) is 6.00. The Kier molecular flexibility index (Phi) is 4.98. The quantitative estimate of drug-likeness (QED) is 0.889. The second-order valence-electron chi connectivity index (χ2n) is 6.41. The first-order valence-electron chi connectivity index (χ1n) is 7.32. The van der Waals surface area contributed by atoms with Gasteiger partial charge in [0.05, 0.1) is 18.2 Å². The molecule has 0 radical (unpaired) electrons. The summed E-state index contributed by atoms with van der Waals surface area (Å²) >= 11 is 0. The Balaban J connectivity index is 1.89. The van der Waals surface area contributed by atoms with Gasteiger partial charge in [-0.3, -0.25) is 4.79 Å². The number of hydrogen-bond acceptors (Lipinski definition) is 4. The largest absolute Gasteiger partial charge is 0.391 e. The fraction of sp³-hybridized carbons (Fsp3) is 0.412. The van der Waals surface area contributed by atoms with E-state index in [0.29, 0.717) is 11.5 Å². The second-order valence-corrected chi connectivity index (χ2v) is 6.41. The summed E-state index contributed by atoms with van der Waals surface area (Å²) in [4.78, 5) is 11.9. The number of nitrogens with one attached hydrogen (secondary N) is 1. The second kappa shape index (κ2) is 6.75. The van der Waals surface area contributed by atoms with Gasteiger partial charge in [-0.15, -0.1) is 0 Å². The van der Waals surface area contributed by atoms with Crippen LogP contribution in [-0.2, 0) is 11.2 Å². The van der Waals surface area contributed by atoms with E-state index in [2.05, 4.69) is 10.5 Å². The molecule has 0 aliphatic heterocycles. The summed E-state index contributed by atoms with van der Waals surface area (Å²) in [5, 5.41) is 16.5. The number of rotatable bonds is 5. The molecule has 0 bridgehead atoms. The number of nitrogens with zero attached hydrogens (tertiary/aromatic N) is 1. The Morgan fingerprint density at radius 1 is 1.32 bits per heavy atom. The van der Waals surface area contributed by atoms with Crippen molar-refractivity contribution in [2.24, 2.45) is 5.41 Å². The molecule has 2 rings (SSSR count). The molecule has 1 unspecified atom stereocenters. The van der Waals surface area contributed by atoms with Crippen molar-refractivity contribution in [1.82, 2.24) is 10.5 Å². The standard InChI is InChI=1S/C17H22N2O3/c1-17(2,3)15(20)11-18-16(21)10-13-9-14(22-19-13)12-7-5-4-6-8-12/h4-9,15,20H,10-11H2,1-3H3,(H,18,21). The number of carbonyl (C=O) groups is 1. The van der Waals surface area contributed by atoms with Gasteiger partial charge in [-0.05, 0) is 5.41 Å². The average molecular weight is 302 g/mol. The predicted molar refractivity (Wildman–Crippen MR) is 84.1 cm³/mol. The van der Waals surface area contributed by atoms with E-state index in [1.165, 1.54) is 0 Å². The molecule has 1 heterocycles. The minimum Gasteiger partial charge on any atom is -0.391 e. The molecule has 5 heteroatoms. The molecule has 0 spiro atoms. The average Bonchev–Trinajstić information content (AvgIpc) is 2.93. The van der Waals surface area contributed by atoms with E-state index < -0.39 is 6.10 Å². The molecule has 0 saturated heterocycles. The summed E-state index contributed by atoms with van der Waals surface area (Å²) in [7, 11) is 0. The fourth-order valence-electron chi connectivity index (χ4n) is 1.88. The van der Waals surface area contributed by atoms with Crippen LogP contribution in [0.2, 0.25) is 0 Å². The Labute approximate surface area is 130 Å². The highest BCUT2D eigenvalue weighted by atomic mass is 16.5. The highest BCUT2D eigenvalue weighted by Gasteiger charge is 2.22. The van der Waals surface area contributed by atoms with Crippen molar-refractivity contribution in [2.75, 3.05) is 6.54 Å². The highest BCUT2D eigenvalue weighted by Crippen LogP contribution is 2.20. The molecule has 5 nitrogen and oxygen atoms in total. The number of aromatic nitrogens is 1. The Bertz CT molecular complexity index is 614. The molecular formula is C17H22N2O3. The fourth-order valence-corrected chi connectivity index (χ4v) is 1.88. The molecule has 0 aliphatic carbocycles. The van der Waals surface area contributed by atoms with Gasteiger partial charge in [0.15, 0.2) is 5.76 Å². The summed E-state index contributed by atoms with van der Waals surface area (Å²) in [6.07, 6.45) is -0.457. The molecule has 2 N–H and O–H groups in total. The zero-order valence-electron chi connectivity index (χ0n) is 13.2. The lowest BCUT2D eigenvalue weighted by atomic mass is 9.89. The lowest BCUT2D eigenvalue weighted by Gasteiger charge is -2.25. The van der Waals surface area contributed by atoms with Gasteiger partial charge < -0.3 is 14.9 Å². The Hall–Kier alpha value is -2.14. The minimum atomic E-state index is -0.589. The van der Waals surface area contributed by atoms with Crippen LogP contribution in [0.15, 0.2) is 40.9 Å². The molecule has 1 aromatic heterocycles. The maximum Gasteiger partial charge on any atom is 0.226 e. The number of aliphatic hydroxyl groups excluding tert-OH is 1. The van der Waals surface area contributed by atoms with Crippen LogP contribution < -0.4 is 5.32 Å². The third-order valence-electron chi connectivity index (χ3n) is 3.45. The van der Waals surface area contributed by atoms with Gasteiger partial charge in [0.2, 0.25) is 5.91 Å². The van der Waals surface area contributed by atoms with Crippen LogP contribution in [0.5, 0.6) is 0 Å². The maximum absolute atomic E-state index is 11.9. The Morgan fingerprint density at radius 2 is 2.00 bits per heavy atom. The van der Waals surface area contributed by atoms with Gasteiger partial charge in [0, 0.05) is 18.2 Å². The smallest absolute Gasteiger partial charge is 0.226 e. The zero-order valence-corrected chi connectivity index (χ0v) is 13.2. The molecule has 1 aromatic carbocycles. The van der Waals surface area contributed by atoms with E-state index in [1.54, 1.807) is 6.07 Å². The van der Waals surface area contributed by atoms with E-state index in [4.69, 9.17) is 4.52 Å². The van der Waals surface area contributed by atoms with Crippen LogP contribution in [0.3, 0.4) is 0 Å². The third kappa shape index (κ3) is 4.43. The van der Waals surface area contributed by atoms with Gasteiger partial charge in [0.25, 0.3) is 0 Å². The first-order valence-corrected chi connectivity index (χ1v) is 7.32. The van der Waals surface area contributed by atoms with Crippen molar-refractivity contribution >= 4 is 5.91 Å². The summed E-state index contributed by atoms with van der Waals surface area (Å²) in [5.41, 5.74) is 1.23. The SMILES string of the molecule is CC(C)(C)C(O)CNC(=O)Cc1cc(-c2ccccc2)on1. The van der Waals surface area contributed by atoms with Gasteiger partial charge in [-0.25, -0.2) is 0 Å². The molecule has 1 amide bonds. The highest BCUT2D eigenvalue weighted by molar-refractivity contribution is 5.78. The lowest BCUT2D eigenvalue weighted by Crippen LogP contribution is -2.39. The van der Waals surface area contributed by atoms with Gasteiger partial charge in [-0.2, -0.15) is 0 Å². The van der Waals surface area contributed by atoms with Crippen LogP contribution in [-0.4, -0.2) is 28.8 Å². The lowest BCUT2D eigenvalue weighted by molar-refractivity contribution is -0.121. The normalized spacial score (nSPS) is 12.9. The molecule has 22 heavy (non-hydrogen) atoms. The van der Waals surface area contributed by atoms with Crippen molar-refractivity contribution in [2.45, 2.75) is 33.3 Å². The molecule has 2 aromatic rings. The van der Waals surface area contributed by atoms with Gasteiger partial charge in [-0.1, -0.05) is 56.3 Å². The van der Waals surface area contributed by atoms with Crippen molar-refractivity contribution in [3.05, 3.63) is 42.1 Å². The van der Waals surface area contributed by atoms with Crippen molar-refractivity contribution in [1.29, 1.82) is 0 Å². The van der Waals surface area contributed by atoms with Gasteiger partial charge in [0.1, 0.15) is 0 Å². The molecule has 0 saturated carbocycles. The molecular weight excluding hydrogens is 280 g/mol. The topological polar surface area (TPSA) is 75.4 Å². The van der Waals surface area contributed by atoms with Crippen LogP contribution >= 0.6 is 0 Å². The summed E-state index contributed by atoms with van der Waals surface area (Å²) < 4.78 is 5.25. The van der Waals surface area contributed by atoms with Crippen LogP contribution in [0, 0.1) is 5.41 Å². The van der Waals surface area contributed by atoms with E-state index in [9.17, 15) is 9.90 Å². The zero-order chi connectivity index (χ0) is 16.2. The summed E-state index contributed by atoms with van der Waals surface area (Å²) in [6, 6.07) is 11.4. The van der Waals surface area contributed by atoms with Crippen molar-refractivity contribution < 1.29 is 14.4 Å². The van der Waals surface area contributed by atoms with Crippen LogP contribution in [0.25, 0.3) is 11.3 Å². The number of hydrogen-bond donors (Lipinski definition) is 2. The number of benzene rings is 1. The maximum atomic E-state index is 11.9. The minimum absolute atomic E-state index is 0.132. The molecule has 0 fully saturated rings. The predicted octanol–water partition coefficient (Wildman–Crippen LogP) is 2.41. The monoisotopic (exact) mass is 302 g/mol. The molecule has 1 atom stereocenters. The first kappa shape index (κ1) is 16.2. The number of aliphatic hydroxyl groups is 1. The van der Waals surface area contributed by atoms with Gasteiger partial charge >= 0.3 is 0 Å². The van der Waals surface area contributed by atoms with E-state index in [1.807, 2.05) is 51.1 Å². The molecule has 118 valence electrons.